The van der Waals surface area contributed by atoms with Gasteiger partial charge in [0.1, 0.15) is 5.60 Å². The zero-order valence-electron chi connectivity index (χ0n) is 8.90. The second-order valence-corrected chi connectivity index (χ2v) is 3.25. The van der Waals surface area contributed by atoms with E-state index in [1.165, 1.54) is 6.26 Å². The summed E-state index contributed by atoms with van der Waals surface area (Å²) in [6, 6.07) is 9.33. The summed E-state index contributed by atoms with van der Waals surface area (Å²) in [5.74, 6) is 5.47. The van der Waals surface area contributed by atoms with Gasteiger partial charge in [-0.1, -0.05) is 42.2 Å². The van der Waals surface area contributed by atoms with Gasteiger partial charge in [-0.25, -0.2) is 0 Å². The molecule has 0 fully saturated rings. The molecule has 0 saturated carbocycles. The molecule has 1 rings (SSSR count). The van der Waals surface area contributed by atoms with Crippen LogP contribution in [0.2, 0.25) is 0 Å². The molecule has 1 aromatic carbocycles. The highest BCUT2D eigenvalue weighted by Gasteiger charge is 2.18. The summed E-state index contributed by atoms with van der Waals surface area (Å²) in [6.45, 7) is 1.66. The fourth-order valence-electron chi connectivity index (χ4n) is 1.12. The van der Waals surface area contributed by atoms with Crippen LogP contribution in [0.15, 0.2) is 42.7 Å². The van der Waals surface area contributed by atoms with Gasteiger partial charge in [0, 0.05) is 6.08 Å². The molecule has 1 atom stereocenters. The van der Waals surface area contributed by atoms with E-state index in [2.05, 4.69) is 11.8 Å². The largest absolute Gasteiger partial charge is 0.504 e. The average Bonchev–Trinajstić information content (AvgIpc) is 2.26. The first-order chi connectivity index (χ1) is 7.17. The zero-order chi connectivity index (χ0) is 11.1. The Morgan fingerprint density at radius 1 is 1.33 bits per heavy atom. The monoisotopic (exact) mass is 202 g/mol. The molecule has 15 heavy (non-hydrogen) atoms. The maximum Gasteiger partial charge on any atom is 0.148 e. The predicted octanol–water partition coefficient (Wildman–Crippen LogP) is 2.06. The molecule has 0 saturated heterocycles. The summed E-state index contributed by atoms with van der Waals surface area (Å²) in [5, 5.41) is 10.0. The summed E-state index contributed by atoms with van der Waals surface area (Å²) in [6.07, 6.45) is 3.02. The molecular formula is C13H14O2. The lowest BCUT2D eigenvalue weighted by molar-refractivity contribution is 0.122. The normalized spacial score (nSPS) is 14.1. The van der Waals surface area contributed by atoms with Crippen molar-refractivity contribution in [1.82, 2.24) is 0 Å². The summed E-state index contributed by atoms with van der Waals surface area (Å²) >= 11 is 0. The highest BCUT2D eigenvalue weighted by atomic mass is 16.5. The summed E-state index contributed by atoms with van der Waals surface area (Å²) in [4.78, 5) is 0. The van der Waals surface area contributed by atoms with E-state index >= 15 is 0 Å². The van der Waals surface area contributed by atoms with Crippen molar-refractivity contribution >= 4 is 0 Å². The summed E-state index contributed by atoms with van der Waals surface area (Å²) in [5.41, 5.74) is -0.345. The molecule has 1 unspecified atom stereocenters. The van der Waals surface area contributed by atoms with Crippen LogP contribution in [-0.2, 0) is 10.3 Å². The molecule has 0 aromatic heterocycles. The van der Waals surface area contributed by atoms with Gasteiger partial charge in [0.2, 0.25) is 0 Å². The van der Waals surface area contributed by atoms with Crippen molar-refractivity contribution in [3.8, 4) is 11.8 Å². The van der Waals surface area contributed by atoms with Crippen molar-refractivity contribution in [2.24, 2.45) is 0 Å². The van der Waals surface area contributed by atoms with Crippen molar-refractivity contribution in [3.05, 3.63) is 48.2 Å². The van der Waals surface area contributed by atoms with E-state index < -0.39 is 5.60 Å². The Hall–Kier alpha value is -1.72. The van der Waals surface area contributed by atoms with Crippen LogP contribution < -0.4 is 0 Å². The second-order valence-electron chi connectivity index (χ2n) is 3.25. The van der Waals surface area contributed by atoms with Crippen LogP contribution in [0.4, 0.5) is 0 Å². The van der Waals surface area contributed by atoms with E-state index in [9.17, 15) is 5.11 Å². The lowest BCUT2D eigenvalue weighted by Crippen LogP contribution is -2.17. The minimum Gasteiger partial charge on any atom is -0.504 e. The van der Waals surface area contributed by atoms with E-state index in [0.717, 1.165) is 5.56 Å². The molecule has 0 aliphatic heterocycles. The Labute approximate surface area is 90.2 Å². The fourth-order valence-corrected chi connectivity index (χ4v) is 1.12. The summed E-state index contributed by atoms with van der Waals surface area (Å²) in [7, 11) is 1.55. The molecule has 0 radical (unpaired) electrons. The van der Waals surface area contributed by atoms with E-state index in [-0.39, 0.29) is 0 Å². The maximum atomic E-state index is 10.0. The number of methoxy groups -OCH3 is 1. The first-order valence-corrected chi connectivity index (χ1v) is 4.65. The third kappa shape index (κ3) is 3.49. The molecule has 1 aromatic rings. The Morgan fingerprint density at radius 3 is 2.60 bits per heavy atom. The molecule has 78 valence electrons. The fraction of sp³-hybridized carbons (Fsp3) is 0.231. The van der Waals surface area contributed by atoms with Crippen LogP contribution in [0, 0.1) is 11.8 Å². The number of rotatable bonds is 2. The first kappa shape index (κ1) is 11.4. The van der Waals surface area contributed by atoms with Crippen molar-refractivity contribution in [3.63, 3.8) is 0 Å². The predicted molar refractivity (Wildman–Crippen MR) is 59.9 cm³/mol. The number of ether oxygens (including phenoxy) is 1. The minimum atomic E-state index is -1.13. The van der Waals surface area contributed by atoms with Crippen LogP contribution >= 0.6 is 0 Å². The lowest BCUT2D eigenvalue weighted by Gasteiger charge is -2.16. The lowest BCUT2D eigenvalue weighted by atomic mass is 9.97. The van der Waals surface area contributed by atoms with Gasteiger partial charge < -0.3 is 9.84 Å². The molecule has 1 N–H and O–H groups in total. The third-order valence-corrected chi connectivity index (χ3v) is 1.94. The van der Waals surface area contributed by atoms with Crippen LogP contribution in [0.5, 0.6) is 0 Å². The zero-order valence-corrected chi connectivity index (χ0v) is 8.90. The minimum absolute atomic E-state index is 0.781. The standard InChI is InChI=1S/C13H14O2/c1-13(14,10-6-7-11-15-2)12-8-4-3-5-9-12/h3-5,7-9,11,14H,1-2H3/b11-7+. The van der Waals surface area contributed by atoms with E-state index in [1.54, 1.807) is 20.1 Å². The third-order valence-electron chi connectivity index (χ3n) is 1.94. The topological polar surface area (TPSA) is 29.5 Å². The molecule has 0 amide bonds. The highest BCUT2D eigenvalue weighted by molar-refractivity contribution is 5.32. The molecular weight excluding hydrogens is 188 g/mol. The van der Waals surface area contributed by atoms with Crippen molar-refractivity contribution in [2.45, 2.75) is 12.5 Å². The molecule has 0 bridgehead atoms. The van der Waals surface area contributed by atoms with E-state index in [1.807, 2.05) is 30.3 Å². The van der Waals surface area contributed by atoms with Gasteiger partial charge in [-0.2, -0.15) is 0 Å². The SMILES string of the molecule is CO/C=C/C#CC(C)(O)c1ccccc1. The Balaban J connectivity index is 2.83. The Bertz CT molecular complexity index is 380. The average molecular weight is 202 g/mol. The molecule has 0 aliphatic carbocycles. The van der Waals surface area contributed by atoms with Crippen molar-refractivity contribution in [1.29, 1.82) is 0 Å². The van der Waals surface area contributed by atoms with Gasteiger partial charge in [0.15, 0.2) is 0 Å². The molecule has 2 heteroatoms. The summed E-state index contributed by atoms with van der Waals surface area (Å²) < 4.78 is 4.70. The van der Waals surface area contributed by atoms with Gasteiger partial charge >= 0.3 is 0 Å². The Morgan fingerprint density at radius 2 is 2.00 bits per heavy atom. The number of aliphatic hydroxyl groups is 1. The van der Waals surface area contributed by atoms with Crippen molar-refractivity contribution < 1.29 is 9.84 Å². The van der Waals surface area contributed by atoms with Crippen LogP contribution in [0.25, 0.3) is 0 Å². The highest BCUT2D eigenvalue weighted by Crippen LogP contribution is 2.18. The van der Waals surface area contributed by atoms with Gasteiger partial charge in [0.25, 0.3) is 0 Å². The van der Waals surface area contributed by atoms with E-state index in [0.29, 0.717) is 0 Å². The smallest absolute Gasteiger partial charge is 0.148 e. The van der Waals surface area contributed by atoms with Crippen LogP contribution in [-0.4, -0.2) is 12.2 Å². The van der Waals surface area contributed by atoms with Gasteiger partial charge in [-0.05, 0) is 12.5 Å². The van der Waals surface area contributed by atoms with Crippen molar-refractivity contribution in [2.75, 3.05) is 7.11 Å². The number of hydrogen-bond donors (Lipinski definition) is 1. The molecule has 2 nitrogen and oxygen atoms in total. The quantitative estimate of drug-likeness (QED) is 0.587. The van der Waals surface area contributed by atoms with Gasteiger partial charge in [-0.15, -0.1) is 0 Å². The Kier molecular flexibility index (Phi) is 3.96. The first-order valence-electron chi connectivity index (χ1n) is 4.65. The van der Waals surface area contributed by atoms with E-state index in [4.69, 9.17) is 4.74 Å². The molecule has 0 spiro atoms. The molecule has 0 aliphatic rings. The van der Waals surface area contributed by atoms with Crippen LogP contribution in [0.1, 0.15) is 12.5 Å². The van der Waals surface area contributed by atoms with Gasteiger partial charge in [0.05, 0.1) is 13.4 Å². The van der Waals surface area contributed by atoms with Crippen LogP contribution in [0.3, 0.4) is 0 Å². The number of benzene rings is 1. The second kappa shape index (κ2) is 5.23. The number of allylic oxidation sites excluding steroid dienone is 1. The van der Waals surface area contributed by atoms with Gasteiger partial charge in [-0.3, -0.25) is 0 Å². The number of hydrogen-bond acceptors (Lipinski definition) is 2. The maximum absolute atomic E-state index is 10.0. The molecule has 0 heterocycles.